The molecule has 2 heterocycles. The Kier molecular flexibility index (Phi) is 4.30. The minimum Gasteiger partial charge on any atom is -0.490 e. The lowest BCUT2D eigenvalue weighted by Gasteiger charge is -2.21. The zero-order chi connectivity index (χ0) is 16.4. The summed E-state index contributed by atoms with van der Waals surface area (Å²) in [6.45, 7) is 2.57. The van der Waals surface area contributed by atoms with Crippen LogP contribution in [0.1, 0.15) is 18.9 Å². The predicted octanol–water partition coefficient (Wildman–Crippen LogP) is 1.16. The van der Waals surface area contributed by atoms with Gasteiger partial charge in [-0.2, -0.15) is 0 Å². The first-order valence-corrected chi connectivity index (χ1v) is 9.41. The second-order valence-electron chi connectivity index (χ2n) is 5.64. The average Bonchev–Trinajstić information content (AvgIpc) is 2.86. The third kappa shape index (κ3) is 3.50. The van der Waals surface area contributed by atoms with E-state index in [1.54, 1.807) is 6.08 Å². The number of sulfone groups is 1. The summed E-state index contributed by atoms with van der Waals surface area (Å²) in [6, 6.07) is 5.20. The molecule has 7 heteroatoms. The molecule has 1 amide bonds. The van der Waals surface area contributed by atoms with Gasteiger partial charge < -0.3 is 14.8 Å². The van der Waals surface area contributed by atoms with Crippen LogP contribution >= 0.6 is 0 Å². The van der Waals surface area contributed by atoms with E-state index < -0.39 is 9.84 Å². The Bertz CT molecular complexity index is 754. The zero-order valence-electron chi connectivity index (χ0n) is 12.9. The summed E-state index contributed by atoms with van der Waals surface area (Å²) in [4.78, 5) is 12.3. The van der Waals surface area contributed by atoms with Crippen molar-refractivity contribution in [2.45, 2.75) is 19.4 Å². The lowest BCUT2D eigenvalue weighted by atomic mass is 10.1. The van der Waals surface area contributed by atoms with Crippen molar-refractivity contribution in [1.82, 2.24) is 5.32 Å². The van der Waals surface area contributed by atoms with Crippen LogP contribution in [0.4, 0.5) is 0 Å². The van der Waals surface area contributed by atoms with Gasteiger partial charge in [0.15, 0.2) is 21.3 Å². The van der Waals surface area contributed by atoms with E-state index in [4.69, 9.17) is 9.47 Å². The highest BCUT2D eigenvalue weighted by atomic mass is 32.2. The Morgan fingerprint density at radius 1 is 1.43 bits per heavy atom. The summed E-state index contributed by atoms with van der Waals surface area (Å²) in [5.74, 6) is 1.16. The third-order valence-corrected chi connectivity index (χ3v) is 5.64. The van der Waals surface area contributed by atoms with Gasteiger partial charge in [0.1, 0.15) is 6.61 Å². The summed E-state index contributed by atoms with van der Waals surface area (Å²) in [5, 5.41) is 2.78. The molecule has 0 spiro atoms. The predicted molar refractivity (Wildman–Crippen MR) is 86.3 cm³/mol. The minimum atomic E-state index is -3.01. The van der Waals surface area contributed by atoms with Crippen molar-refractivity contribution in [2.24, 2.45) is 0 Å². The van der Waals surface area contributed by atoms with E-state index in [-0.39, 0.29) is 30.1 Å². The number of hydrogen-bond acceptors (Lipinski definition) is 5. The molecule has 1 aromatic rings. The Labute approximate surface area is 135 Å². The molecule has 0 bridgehead atoms. The average molecular weight is 337 g/mol. The molecule has 0 aromatic heterocycles. The third-order valence-electron chi connectivity index (χ3n) is 3.87. The van der Waals surface area contributed by atoms with Gasteiger partial charge in [0.05, 0.1) is 23.7 Å². The molecule has 1 N–H and O–H groups in total. The molecule has 0 unspecified atom stereocenters. The van der Waals surface area contributed by atoms with Crippen molar-refractivity contribution >= 4 is 21.8 Å². The number of benzene rings is 1. The van der Waals surface area contributed by atoms with Gasteiger partial charge in [-0.3, -0.25) is 4.79 Å². The number of carbonyl (C=O) groups excluding carboxylic acids is 1. The van der Waals surface area contributed by atoms with Crippen LogP contribution < -0.4 is 14.8 Å². The molecule has 0 aliphatic carbocycles. The lowest BCUT2D eigenvalue weighted by molar-refractivity contribution is -0.118. The molecule has 2 aliphatic heterocycles. The van der Waals surface area contributed by atoms with Gasteiger partial charge in [-0.15, -0.1) is 0 Å². The molecule has 1 atom stereocenters. The number of hydrogen-bond donors (Lipinski definition) is 1. The topological polar surface area (TPSA) is 81.7 Å². The fourth-order valence-electron chi connectivity index (χ4n) is 2.77. The Morgan fingerprint density at radius 2 is 2.26 bits per heavy atom. The first-order valence-electron chi connectivity index (χ1n) is 7.59. The molecule has 1 saturated heterocycles. The van der Waals surface area contributed by atoms with Gasteiger partial charge in [-0.1, -0.05) is 12.1 Å². The molecular weight excluding hydrogens is 318 g/mol. The van der Waals surface area contributed by atoms with Gasteiger partial charge in [-0.25, -0.2) is 8.42 Å². The highest BCUT2D eigenvalue weighted by Gasteiger charge is 2.30. The maximum Gasteiger partial charge on any atom is 0.250 e. The Balaban J connectivity index is 1.74. The van der Waals surface area contributed by atoms with Crippen LogP contribution in [0.5, 0.6) is 11.5 Å². The number of rotatable bonds is 4. The van der Waals surface area contributed by atoms with Crippen LogP contribution in [0.3, 0.4) is 0 Å². The van der Waals surface area contributed by atoms with Crippen molar-refractivity contribution in [3.05, 3.63) is 29.3 Å². The van der Waals surface area contributed by atoms with E-state index in [2.05, 4.69) is 5.32 Å². The minimum absolute atomic E-state index is 0.0119. The summed E-state index contributed by atoms with van der Waals surface area (Å²) in [5.41, 5.74) is 1.27. The second-order valence-corrected chi connectivity index (χ2v) is 7.87. The lowest BCUT2D eigenvalue weighted by Crippen LogP contribution is -2.38. The monoisotopic (exact) mass is 337 g/mol. The summed E-state index contributed by atoms with van der Waals surface area (Å²) in [6.07, 6.45) is 2.23. The normalized spacial score (nSPS) is 21.8. The molecular formula is C16H19NO5S. The highest BCUT2D eigenvalue weighted by molar-refractivity contribution is 7.91. The molecule has 6 nitrogen and oxygen atoms in total. The number of amides is 1. The van der Waals surface area contributed by atoms with Gasteiger partial charge in [0, 0.05) is 11.6 Å². The van der Waals surface area contributed by atoms with Crippen molar-refractivity contribution in [3.8, 4) is 11.5 Å². The summed E-state index contributed by atoms with van der Waals surface area (Å²) in [7, 11) is -3.01. The van der Waals surface area contributed by atoms with Gasteiger partial charge >= 0.3 is 0 Å². The van der Waals surface area contributed by atoms with Crippen LogP contribution in [0.25, 0.3) is 6.08 Å². The molecule has 2 aliphatic rings. The van der Waals surface area contributed by atoms with Gasteiger partial charge in [-0.05, 0) is 25.5 Å². The van der Waals surface area contributed by atoms with Crippen molar-refractivity contribution in [1.29, 1.82) is 0 Å². The van der Waals surface area contributed by atoms with Gasteiger partial charge in [0.25, 0.3) is 5.91 Å². The summed E-state index contributed by atoms with van der Waals surface area (Å²) >= 11 is 0. The Hall–Kier alpha value is -2.02. The smallest absolute Gasteiger partial charge is 0.250 e. The first-order chi connectivity index (χ1) is 11.0. The van der Waals surface area contributed by atoms with Crippen LogP contribution in [0.15, 0.2) is 23.8 Å². The van der Waals surface area contributed by atoms with Crippen molar-refractivity contribution in [2.75, 3.05) is 24.7 Å². The maximum absolute atomic E-state index is 12.3. The van der Waals surface area contributed by atoms with Crippen LogP contribution in [0.2, 0.25) is 0 Å². The van der Waals surface area contributed by atoms with E-state index in [1.807, 2.05) is 25.1 Å². The van der Waals surface area contributed by atoms with E-state index in [0.717, 1.165) is 5.56 Å². The first kappa shape index (κ1) is 15.9. The Morgan fingerprint density at radius 3 is 2.96 bits per heavy atom. The SMILES string of the molecule is CCOc1cccc2c1OCC(C(=O)N[C@H]1CCS(=O)(=O)C1)=C2. The van der Waals surface area contributed by atoms with E-state index in [9.17, 15) is 13.2 Å². The highest BCUT2D eigenvalue weighted by Crippen LogP contribution is 2.35. The number of para-hydroxylation sites is 1. The molecule has 0 saturated carbocycles. The molecule has 3 rings (SSSR count). The molecule has 1 aromatic carbocycles. The van der Waals surface area contributed by atoms with Crippen molar-refractivity contribution in [3.63, 3.8) is 0 Å². The second kappa shape index (κ2) is 6.23. The number of carbonyl (C=O) groups is 1. The fourth-order valence-corrected chi connectivity index (χ4v) is 4.44. The van der Waals surface area contributed by atoms with Crippen molar-refractivity contribution < 1.29 is 22.7 Å². The summed E-state index contributed by atoms with van der Waals surface area (Å²) < 4.78 is 34.1. The van der Waals surface area contributed by atoms with Crippen LogP contribution in [-0.4, -0.2) is 45.1 Å². The number of nitrogens with one attached hydrogen (secondary N) is 1. The maximum atomic E-state index is 12.3. The molecule has 124 valence electrons. The number of fused-ring (bicyclic) bond motifs is 1. The largest absolute Gasteiger partial charge is 0.490 e. The fraction of sp³-hybridized carbons (Fsp3) is 0.438. The van der Waals surface area contributed by atoms with E-state index in [1.165, 1.54) is 0 Å². The molecule has 1 fully saturated rings. The van der Waals surface area contributed by atoms with E-state index in [0.29, 0.717) is 30.1 Å². The standard InChI is InChI=1S/C16H19NO5S/c1-2-21-14-5-3-4-11-8-12(9-22-15(11)14)16(18)17-13-6-7-23(19,20)10-13/h3-5,8,13H,2,6-7,9-10H2,1H3,(H,17,18)/t13-/m0/s1. The zero-order valence-corrected chi connectivity index (χ0v) is 13.7. The van der Waals surface area contributed by atoms with Gasteiger partial charge in [0.2, 0.25) is 0 Å². The van der Waals surface area contributed by atoms with E-state index >= 15 is 0 Å². The molecule has 0 radical (unpaired) electrons. The quantitative estimate of drug-likeness (QED) is 0.892. The number of ether oxygens (including phenoxy) is 2. The van der Waals surface area contributed by atoms with Crippen LogP contribution in [-0.2, 0) is 14.6 Å². The van der Waals surface area contributed by atoms with Crippen LogP contribution in [0, 0.1) is 0 Å². The molecule has 23 heavy (non-hydrogen) atoms.